The second kappa shape index (κ2) is 6.93. The van der Waals surface area contributed by atoms with E-state index in [9.17, 15) is 9.90 Å². The Bertz CT molecular complexity index is 745. The largest absolute Gasteiger partial charge is 0.497 e. The Morgan fingerprint density at radius 1 is 1.33 bits per heavy atom. The minimum absolute atomic E-state index is 0.0912. The van der Waals surface area contributed by atoms with Crippen molar-refractivity contribution in [2.45, 2.75) is 19.4 Å². The van der Waals surface area contributed by atoms with Gasteiger partial charge in [-0.15, -0.1) is 0 Å². The molecule has 126 valence electrons. The van der Waals surface area contributed by atoms with E-state index in [2.05, 4.69) is 11.4 Å². The van der Waals surface area contributed by atoms with Crippen LogP contribution in [0, 0.1) is 6.92 Å². The van der Waals surface area contributed by atoms with E-state index in [0.29, 0.717) is 6.54 Å². The molecule has 1 unspecified atom stereocenters. The first-order valence-electron chi connectivity index (χ1n) is 8.05. The standard InChI is InChI=1S/C19H22N2O3/c1-13-11-15(24-2)7-8-17(13)20-19(23)21-10-9-14-5-3-4-6-16(14)18(21)12-22/h3-8,11,18,22H,9-10,12H2,1-2H3,(H,20,23). The molecule has 5 heteroatoms. The van der Waals surface area contributed by atoms with Crippen LogP contribution >= 0.6 is 0 Å². The first kappa shape index (κ1) is 16.3. The van der Waals surface area contributed by atoms with Gasteiger partial charge in [0.25, 0.3) is 0 Å². The maximum Gasteiger partial charge on any atom is 0.322 e. The predicted molar refractivity (Wildman–Crippen MR) is 93.4 cm³/mol. The fourth-order valence-corrected chi connectivity index (χ4v) is 3.18. The lowest BCUT2D eigenvalue weighted by Crippen LogP contribution is -2.43. The number of nitrogens with one attached hydrogen (secondary N) is 1. The van der Waals surface area contributed by atoms with Gasteiger partial charge in [0.05, 0.1) is 19.8 Å². The van der Waals surface area contributed by atoms with Gasteiger partial charge < -0.3 is 20.1 Å². The molecule has 1 atom stereocenters. The summed E-state index contributed by atoms with van der Waals surface area (Å²) in [5.41, 5.74) is 3.89. The maximum absolute atomic E-state index is 12.7. The number of aryl methyl sites for hydroxylation is 1. The van der Waals surface area contributed by atoms with Gasteiger partial charge in [-0.1, -0.05) is 24.3 Å². The second-order valence-electron chi connectivity index (χ2n) is 5.95. The third-order valence-electron chi connectivity index (χ3n) is 4.52. The lowest BCUT2D eigenvalue weighted by atomic mass is 9.93. The molecule has 24 heavy (non-hydrogen) atoms. The molecule has 0 aromatic heterocycles. The number of aliphatic hydroxyl groups excluding tert-OH is 1. The molecule has 0 saturated carbocycles. The molecule has 5 nitrogen and oxygen atoms in total. The van der Waals surface area contributed by atoms with Gasteiger partial charge in [-0.3, -0.25) is 0 Å². The molecular weight excluding hydrogens is 304 g/mol. The van der Waals surface area contributed by atoms with Crippen LogP contribution in [-0.2, 0) is 6.42 Å². The predicted octanol–water partition coefficient (Wildman–Crippen LogP) is 3.13. The Morgan fingerprint density at radius 2 is 2.12 bits per heavy atom. The third kappa shape index (κ3) is 3.08. The number of carbonyl (C=O) groups excluding carboxylic acids is 1. The fraction of sp³-hybridized carbons (Fsp3) is 0.316. The highest BCUT2D eigenvalue weighted by molar-refractivity contribution is 5.90. The number of aliphatic hydroxyl groups is 1. The third-order valence-corrected chi connectivity index (χ3v) is 4.52. The first-order chi connectivity index (χ1) is 11.6. The number of carbonyl (C=O) groups is 1. The molecule has 0 radical (unpaired) electrons. The van der Waals surface area contributed by atoms with Crippen LogP contribution in [0.25, 0.3) is 0 Å². The van der Waals surface area contributed by atoms with Gasteiger partial charge >= 0.3 is 6.03 Å². The zero-order valence-electron chi connectivity index (χ0n) is 14.0. The first-order valence-corrected chi connectivity index (χ1v) is 8.05. The van der Waals surface area contributed by atoms with Gasteiger partial charge in [0.15, 0.2) is 0 Å². The Kier molecular flexibility index (Phi) is 4.71. The molecule has 2 aromatic carbocycles. The molecule has 0 aliphatic carbocycles. The number of hydrogen-bond donors (Lipinski definition) is 2. The van der Waals surface area contributed by atoms with Gasteiger partial charge in [-0.05, 0) is 48.2 Å². The van der Waals surface area contributed by atoms with Crippen molar-refractivity contribution in [3.05, 3.63) is 59.2 Å². The van der Waals surface area contributed by atoms with E-state index < -0.39 is 0 Å². The van der Waals surface area contributed by atoms with Crippen LogP contribution in [0.15, 0.2) is 42.5 Å². The van der Waals surface area contributed by atoms with Gasteiger partial charge in [0, 0.05) is 12.2 Å². The molecule has 0 spiro atoms. The monoisotopic (exact) mass is 326 g/mol. The number of fused-ring (bicyclic) bond motifs is 1. The smallest absolute Gasteiger partial charge is 0.322 e. The van der Waals surface area contributed by atoms with Crippen LogP contribution in [0.5, 0.6) is 5.75 Å². The number of amides is 2. The zero-order chi connectivity index (χ0) is 17.1. The van der Waals surface area contributed by atoms with Crippen LogP contribution in [0.3, 0.4) is 0 Å². The Labute approximate surface area is 141 Å². The summed E-state index contributed by atoms with van der Waals surface area (Å²) in [5, 5.41) is 12.8. The van der Waals surface area contributed by atoms with Crippen molar-refractivity contribution in [1.29, 1.82) is 0 Å². The SMILES string of the molecule is COc1ccc(NC(=O)N2CCc3ccccc3C2CO)c(C)c1. The van der Waals surface area contributed by atoms with Crippen molar-refractivity contribution < 1.29 is 14.6 Å². The molecule has 2 N–H and O–H groups in total. The molecule has 2 amide bonds. The quantitative estimate of drug-likeness (QED) is 0.911. The summed E-state index contributed by atoms with van der Waals surface area (Å²) >= 11 is 0. The number of rotatable bonds is 3. The molecule has 0 bridgehead atoms. The summed E-state index contributed by atoms with van der Waals surface area (Å²) in [6, 6.07) is 13.0. The summed E-state index contributed by atoms with van der Waals surface area (Å²) in [6.07, 6.45) is 0.793. The van der Waals surface area contributed by atoms with Gasteiger partial charge in [-0.2, -0.15) is 0 Å². The average Bonchev–Trinajstić information content (AvgIpc) is 2.62. The number of methoxy groups -OCH3 is 1. The molecule has 0 fully saturated rings. The van der Waals surface area contributed by atoms with E-state index in [4.69, 9.17) is 4.74 Å². The molecule has 0 saturated heterocycles. The Morgan fingerprint density at radius 3 is 2.83 bits per heavy atom. The van der Waals surface area contributed by atoms with Crippen molar-refractivity contribution in [3.63, 3.8) is 0 Å². The lowest BCUT2D eigenvalue weighted by molar-refractivity contribution is 0.135. The number of ether oxygens (including phenoxy) is 1. The van der Waals surface area contributed by atoms with E-state index in [0.717, 1.165) is 29.0 Å². The average molecular weight is 326 g/mol. The van der Waals surface area contributed by atoms with Gasteiger partial charge in [0.2, 0.25) is 0 Å². The highest BCUT2D eigenvalue weighted by Crippen LogP contribution is 2.30. The molecule has 2 aromatic rings. The highest BCUT2D eigenvalue weighted by atomic mass is 16.5. The van der Waals surface area contributed by atoms with Crippen molar-refractivity contribution in [2.75, 3.05) is 25.6 Å². The van der Waals surface area contributed by atoms with E-state index >= 15 is 0 Å². The Balaban J connectivity index is 1.80. The zero-order valence-corrected chi connectivity index (χ0v) is 14.0. The van der Waals surface area contributed by atoms with Crippen LogP contribution < -0.4 is 10.1 Å². The molecule has 1 aliphatic heterocycles. The van der Waals surface area contributed by atoms with E-state index in [-0.39, 0.29) is 18.7 Å². The molecule has 1 aliphatic rings. The summed E-state index contributed by atoms with van der Waals surface area (Å²) in [5.74, 6) is 0.755. The van der Waals surface area contributed by atoms with E-state index in [1.54, 1.807) is 12.0 Å². The number of nitrogens with zero attached hydrogens (tertiary/aromatic N) is 1. The summed E-state index contributed by atoms with van der Waals surface area (Å²) in [7, 11) is 1.62. The lowest BCUT2D eigenvalue weighted by Gasteiger charge is -2.36. The van der Waals surface area contributed by atoms with Crippen LogP contribution in [-0.4, -0.2) is 36.3 Å². The summed E-state index contributed by atoms with van der Waals surface area (Å²) in [6.45, 7) is 2.42. The number of anilines is 1. The highest BCUT2D eigenvalue weighted by Gasteiger charge is 2.30. The number of benzene rings is 2. The Hall–Kier alpha value is -2.53. The van der Waals surface area contributed by atoms with Crippen molar-refractivity contribution in [2.24, 2.45) is 0 Å². The summed E-state index contributed by atoms with van der Waals surface area (Å²) < 4.78 is 5.19. The number of urea groups is 1. The minimum atomic E-state index is -0.312. The van der Waals surface area contributed by atoms with Crippen LogP contribution in [0.2, 0.25) is 0 Å². The minimum Gasteiger partial charge on any atom is -0.497 e. The maximum atomic E-state index is 12.7. The van der Waals surface area contributed by atoms with E-state index in [1.807, 2.05) is 43.3 Å². The topological polar surface area (TPSA) is 61.8 Å². The van der Waals surface area contributed by atoms with E-state index in [1.165, 1.54) is 5.56 Å². The molecular formula is C19H22N2O3. The fourth-order valence-electron chi connectivity index (χ4n) is 3.18. The number of hydrogen-bond acceptors (Lipinski definition) is 3. The van der Waals surface area contributed by atoms with Gasteiger partial charge in [0.1, 0.15) is 5.75 Å². The van der Waals surface area contributed by atoms with Crippen LogP contribution in [0.4, 0.5) is 10.5 Å². The summed E-state index contributed by atoms with van der Waals surface area (Å²) in [4.78, 5) is 14.4. The molecule has 3 rings (SSSR count). The van der Waals surface area contributed by atoms with Crippen molar-refractivity contribution in [3.8, 4) is 5.75 Å². The van der Waals surface area contributed by atoms with Crippen molar-refractivity contribution >= 4 is 11.7 Å². The molecule has 1 heterocycles. The van der Waals surface area contributed by atoms with Gasteiger partial charge in [-0.25, -0.2) is 4.79 Å². The van der Waals surface area contributed by atoms with Crippen molar-refractivity contribution in [1.82, 2.24) is 4.90 Å². The normalized spacial score (nSPS) is 16.5. The van der Waals surface area contributed by atoms with Crippen LogP contribution in [0.1, 0.15) is 22.7 Å². The second-order valence-corrected chi connectivity index (χ2v) is 5.95.